The molecule has 0 atom stereocenters. The number of carbonyl (C=O) groups is 1. The van der Waals surface area contributed by atoms with Crippen LogP contribution in [0.3, 0.4) is 0 Å². The summed E-state index contributed by atoms with van der Waals surface area (Å²) in [6.07, 6.45) is -4.65. The van der Waals surface area contributed by atoms with Gasteiger partial charge >= 0.3 is 6.18 Å². The van der Waals surface area contributed by atoms with Gasteiger partial charge in [0.05, 0.1) is 11.5 Å². The number of carbonyl (C=O) groups excluding carboxylic acids is 1. The quantitative estimate of drug-likeness (QED) is 0.921. The first-order valence-electron chi connectivity index (χ1n) is 7.65. The largest absolute Gasteiger partial charge is 0.545 e. The lowest BCUT2D eigenvalue weighted by Crippen LogP contribution is -2.27. The van der Waals surface area contributed by atoms with Crippen LogP contribution in [0.1, 0.15) is 38.2 Å². The summed E-state index contributed by atoms with van der Waals surface area (Å²) in [4.78, 5) is 11.6. The van der Waals surface area contributed by atoms with Crippen molar-refractivity contribution in [1.29, 1.82) is 0 Å². The van der Waals surface area contributed by atoms with E-state index < -0.39 is 23.3 Å². The molecule has 0 spiro atoms. The van der Waals surface area contributed by atoms with Crippen LogP contribution in [0.4, 0.5) is 13.2 Å². The van der Waals surface area contributed by atoms with Crippen LogP contribution in [0.25, 0.3) is 0 Å². The maximum absolute atomic E-state index is 13.4. The fraction of sp³-hybridized carbons (Fsp3) is 0.278. The summed E-state index contributed by atoms with van der Waals surface area (Å²) in [5.74, 6) is -1.73. The van der Waals surface area contributed by atoms with Crippen LogP contribution < -0.4 is 15.2 Å². The summed E-state index contributed by atoms with van der Waals surface area (Å²) in [5, 5.41) is 14.4. The van der Waals surface area contributed by atoms with Crippen LogP contribution in [0.15, 0.2) is 30.3 Å². The van der Waals surface area contributed by atoms with E-state index in [-0.39, 0.29) is 42.1 Å². The second-order valence-corrected chi connectivity index (χ2v) is 5.82. The molecule has 2 aromatic carbocycles. The Hall–Kier alpha value is -2.54. The molecule has 132 valence electrons. The van der Waals surface area contributed by atoms with Crippen LogP contribution >= 0.6 is 0 Å². The molecule has 1 heterocycles. The molecule has 4 nitrogen and oxygen atoms in total. The molecule has 7 heteroatoms. The van der Waals surface area contributed by atoms with Gasteiger partial charge in [0, 0.05) is 24.2 Å². The Morgan fingerprint density at radius 3 is 2.44 bits per heavy atom. The van der Waals surface area contributed by atoms with E-state index in [1.54, 1.807) is 24.3 Å². The van der Waals surface area contributed by atoms with Crippen molar-refractivity contribution in [3.8, 4) is 5.75 Å². The Morgan fingerprint density at radius 1 is 1.20 bits per heavy atom. The van der Waals surface area contributed by atoms with Crippen LogP contribution in [-0.4, -0.2) is 5.97 Å². The molecule has 1 aliphatic rings. The molecule has 0 aromatic heterocycles. The number of benzene rings is 2. The minimum Gasteiger partial charge on any atom is -0.545 e. The van der Waals surface area contributed by atoms with Crippen molar-refractivity contribution in [3.05, 3.63) is 63.7 Å². The van der Waals surface area contributed by atoms with Crippen molar-refractivity contribution in [2.45, 2.75) is 32.8 Å². The molecule has 1 N–H and O–H groups in total. The first-order chi connectivity index (χ1) is 11.8. The third-order valence-electron chi connectivity index (χ3n) is 4.23. The van der Waals surface area contributed by atoms with Gasteiger partial charge in [-0.05, 0) is 23.6 Å². The van der Waals surface area contributed by atoms with E-state index in [9.17, 15) is 23.1 Å². The highest BCUT2D eigenvalue weighted by Gasteiger charge is 2.40. The van der Waals surface area contributed by atoms with Crippen molar-refractivity contribution < 1.29 is 27.8 Å². The van der Waals surface area contributed by atoms with E-state index in [0.717, 1.165) is 12.5 Å². The summed E-state index contributed by atoms with van der Waals surface area (Å²) in [7, 11) is 0. The minimum absolute atomic E-state index is 0.0139. The van der Waals surface area contributed by atoms with Crippen LogP contribution in [0.2, 0.25) is 0 Å². The summed E-state index contributed by atoms with van der Waals surface area (Å²) in [5.41, 5.74) is -0.780. The summed E-state index contributed by atoms with van der Waals surface area (Å²) in [6.45, 7) is 1.32. The van der Waals surface area contributed by atoms with Gasteiger partial charge in [-0.2, -0.15) is 13.2 Å². The van der Waals surface area contributed by atoms with Crippen molar-refractivity contribution in [2.75, 3.05) is 0 Å². The third kappa shape index (κ3) is 3.19. The highest BCUT2D eigenvalue weighted by molar-refractivity contribution is 5.93. The number of rotatable bonds is 4. The average Bonchev–Trinajstić information content (AvgIpc) is 3.00. The van der Waals surface area contributed by atoms with Crippen LogP contribution in [-0.2, 0) is 25.9 Å². The first-order valence-corrected chi connectivity index (χ1v) is 7.65. The monoisotopic (exact) mass is 350 g/mol. The molecule has 2 aromatic rings. The Balaban J connectivity index is 2.13. The van der Waals surface area contributed by atoms with E-state index in [0.29, 0.717) is 0 Å². The topological polar surface area (TPSA) is 61.4 Å². The summed E-state index contributed by atoms with van der Waals surface area (Å²) >= 11 is 0. The number of ether oxygens (including phenoxy) is 1. The number of aromatic carboxylic acids is 1. The fourth-order valence-corrected chi connectivity index (χ4v) is 3.17. The number of halogens is 3. The Bertz CT molecular complexity index is 817. The molecule has 3 rings (SSSR count). The number of nitrogens with one attached hydrogen (secondary N) is 1. The lowest BCUT2D eigenvalue weighted by atomic mass is 9.92. The van der Waals surface area contributed by atoms with E-state index in [2.05, 4.69) is 5.32 Å². The second-order valence-electron chi connectivity index (χ2n) is 5.82. The van der Waals surface area contributed by atoms with E-state index in [1.807, 2.05) is 6.07 Å². The molecule has 1 aliphatic heterocycles. The molecule has 0 amide bonds. The van der Waals surface area contributed by atoms with Crippen LogP contribution in [0.5, 0.6) is 5.75 Å². The predicted molar refractivity (Wildman–Crippen MR) is 81.8 cm³/mol. The van der Waals surface area contributed by atoms with Crippen molar-refractivity contribution in [1.82, 2.24) is 5.32 Å². The van der Waals surface area contributed by atoms with Gasteiger partial charge in [-0.25, -0.2) is 0 Å². The number of carboxylic acids is 1. The smallest absolute Gasteiger partial charge is 0.417 e. The number of carboxylic acid groups (broad SMARTS) is 1. The number of hydrogen-bond donors (Lipinski definition) is 1. The van der Waals surface area contributed by atoms with E-state index in [4.69, 9.17) is 4.74 Å². The number of fused-ring (bicyclic) bond motifs is 1. The SMILES string of the molecule is Cc1c(C(=O)[O-])c(OCc2ccccc2)c2c(c1C(F)(F)F)CNC2. The number of alkyl halides is 3. The second kappa shape index (κ2) is 6.40. The van der Waals surface area contributed by atoms with Gasteiger partial charge < -0.3 is 20.0 Å². The van der Waals surface area contributed by atoms with Gasteiger partial charge in [0.1, 0.15) is 12.4 Å². The molecular weight excluding hydrogens is 335 g/mol. The molecule has 0 saturated carbocycles. The van der Waals surface area contributed by atoms with Gasteiger partial charge in [0.2, 0.25) is 0 Å². The Kier molecular flexibility index (Phi) is 4.43. The standard InChI is InChI=1S/C18H16F3NO3/c1-10-14(17(23)24)16(25-9-11-5-3-2-4-6-11)13-8-22-7-12(13)15(10)18(19,20)21/h2-6,22H,7-9H2,1H3,(H,23,24)/p-1. The lowest BCUT2D eigenvalue weighted by Gasteiger charge is -2.23. The highest BCUT2D eigenvalue weighted by atomic mass is 19.4. The zero-order chi connectivity index (χ0) is 18.2. The Labute approximate surface area is 142 Å². The first kappa shape index (κ1) is 17.3. The van der Waals surface area contributed by atoms with Crippen LogP contribution in [0, 0.1) is 6.92 Å². The van der Waals surface area contributed by atoms with Crippen molar-refractivity contribution in [2.24, 2.45) is 0 Å². The zero-order valence-corrected chi connectivity index (χ0v) is 13.4. The fourth-order valence-electron chi connectivity index (χ4n) is 3.17. The maximum Gasteiger partial charge on any atom is 0.417 e. The van der Waals surface area contributed by atoms with Gasteiger partial charge in [-0.15, -0.1) is 0 Å². The van der Waals surface area contributed by atoms with Gasteiger partial charge in [0.25, 0.3) is 0 Å². The normalized spacial score (nSPS) is 13.6. The van der Waals surface area contributed by atoms with Crippen molar-refractivity contribution in [3.63, 3.8) is 0 Å². The van der Waals surface area contributed by atoms with E-state index in [1.165, 1.54) is 0 Å². The lowest BCUT2D eigenvalue weighted by molar-refractivity contribution is -0.255. The molecule has 0 unspecified atom stereocenters. The molecule has 0 saturated heterocycles. The Morgan fingerprint density at radius 2 is 1.84 bits per heavy atom. The summed E-state index contributed by atoms with van der Waals surface area (Å²) in [6, 6.07) is 8.98. The molecular formula is C18H15F3NO3-. The predicted octanol–water partition coefficient (Wildman–Crippen LogP) is 2.56. The number of hydrogen-bond acceptors (Lipinski definition) is 4. The van der Waals surface area contributed by atoms with E-state index >= 15 is 0 Å². The highest BCUT2D eigenvalue weighted by Crippen LogP contribution is 2.43. The molecule has 0 fully saturated rings. The molecule has 25 heavy (non-hydrogen) atoms. The molecule has 0 radical (unpaired) electrons. The summed E-state index contributed by atoms with van der Waals surface area (Å²) < 4.78 is 46.0. The molecule has 0 bridgehead atoms. The van der Waals surface area contributed by atoms with Gasteiger partial charge in [-0.3, -0.25) is 0 Å². The van der Waals surface area contributed by atoms with Crippen molar-refractivity contribution >= 4 is 5.97 Å². The van der Waals surface area contributed by atoms with Gasteiger partial charge in [-0.1, -0.05) is 30.3 Å². The van der Waals surface area contributed by atoms with Gasteiger partial charge in [0.15, 0.2) is 0 Å². The molecule has 0 aliphatic carbocycles. The average molecular weight is 350 g/mol. The maximum atomic E-state index is 13.4. The minimum atomic E-state index is -4.65. The third-order valence-corrected chi connectivity index (χ3v) is 4.23. The zero-order valence-electron chi connectivity index (χ0n) is 13.4.